The second-order valence-electron chi connectivity index (χ2n) is 5.40. The van der Waals surface area contributed by atoms with Crippen LogP contribution in [0.4, 0.5) is 0 Å². The molecule has 0 radical (unpaired) electrons. The zero-order valence-electron chi connectivity index (χ0n) is 12.0. The Morgan fingerprint density at radius 3 is 2.52 bits per heavy atom. The summed E-state index contributed by atoms with van der Waals surface area (Å²) in [6.07, 6.45) is 0. The number of hydrogen-bond acceptors (Lipinski definition) is 4. The highest BCUT2D eigenvalue weighted by Gasteiger charge is 2.32. The van der Waals surface area contributed by atoms with Crippen LogP contribution in [0.25, 0.3) is 0 Å². The van der Waals surface area contributed by atoms with Crippen LogP contribution in [0.15, 0.2) is 48.5 Å². The highest BCUT2D eigenvalue weighted by molar-refractivity contribution is 5.84. The predicted octanol–water partition coefficient (Wildman–Crippen LogP) is 3.30. The molecule has 0 aromatic heterocycles. The van der Waals surface area contributed by atoms with Crippen LogP contribution >= 0.6 is 0 Å². The monoisotopic (exact) mass is 284 g/mol. The summed E-state index contributed by atoms with van der Waals surface area (Å²) >= 11 is 0. The quantitative estimate of drug-likeness (QED) is 0.641. The van der Waals surface area contributed by atoms with E-state index >= 15 is 0 Å². The fourth-order valence-electron chi connectivity index (χ4n) is 2.15. The Kier molecular flexibility index (Phi) is 3.29. The van der Waals surface area contributed by atoms with E-state index in [9.17, 15) is 4.79 Å². The minimum Gasteiger partial charge on any atom is -0.454 e. The molecule has 0 saturated heterocycles. The van der Waals surface area contributed by atoms with E-state index in [-0.39, 0.29) is 12.8 Å². The molecule has 0 amide bonds. The van der Waals surface area contributed by atoms with Gasteiger partial charge in [-0.25, -0.2) is 0 Å². The molecule has 4 nitrogen and oxygen atoms in total. The Bertz CT molecular complexity index is 662. The molecular formula is C17H16O4. The van der Waals surface area contributed by atoms with E-state index in [1.807, 2.05) is 44.2 Å². The number of fused-ring (bicyclic) bond motifs is 1. The molecule has 3 rings (SSSR count). The van der Waals surface area contributed by atoms with E-state index in [1.165, 1.54) is 0 Å². The first-order valence-corrected chi connectivity index (χ1v) is 6.75. The molecule has 0 N–H and O–H groups in total. The molecule has 0 unspecified atom stereocenters. The van der Waals surface area contributed by atoms with Crippen molar-refractivity contribution in [2.45, 2.75) is 19.3 Å². The molecule has 1 aliphatic heterocycles. The van der Waals surface area contributed by atoms with Gasteiger partial charge in [-0.05, 0) is 31.5 Å². The highest BCUT2D eigenvalue weighted by atomic mass is 16.7. The lowest BCUT2D eigenvalue weighted by Gasteiger charge is -2.22. The van der Waals surface area contributed by atoms with E-state index in [1.54, 1.807) is 18.2 Å². The fraction of sp³-hybridized carbons (Fsp3) is 0.235. The third-order valence-corrected chi connectivity index (χ3v) is 3.56. The molecule has 0 atom stereocenters. The SMILES string of the molecule is CC(C)(C(=O)Oc1ccc2c(c1)OCO2)c1ccccc1. The number of carbonyl (C=O) groups excluding carboxylic acids is 1. The molecule has 4 heteroatoms. The Balaban J connectivity index is 1.80. The van der Waals surface area contributed by atoms with Gasteiger partial charge in [0.05, 0.1) is 5.41 Å². The van der Waals surface area contributed by atoms with Gasteiger partial charge in [-0.3, -0.25) is 4.79 Å². The van der Waals surface area contributed by atoms with Crippen LogP contribution in [0.1, 0.15) is 19.4 Å². The first kappa shape index (κ1) is 13.5. The van der Waals surface area contributed by atoms with E-state index < -0.39 is 5.41 Å². The number of hydrogen-bond donors (Lipinski definition) is 0. The van der Waals surface area contributed by atoms with Gasteiger partial charge in [0.25, 0.3) is 0 Å². The topological polar surface area (TPSA) is 44.8 Å². The van der Waals surface area contributed by atoms with Gasteiger partial charge in [0, 0.05) is 6.07 Å². The van der Waals surface area contributed by atoms with Crippen LogP contribution in [-0.4, -0.2) is 12.8 Å². The minimum atomic E-state index is -0.725. The van der Waals surface area contributed by atoms with E-state index in [2.05, 4.69) is 0 Å². The van der Waals surface area contributed by atoms with E-state index in [4.69, 9.17) is 14.2 Å². The molecule has 0 fully saturated rings. The maximum Gasteiger partial charge on any atom is 0.321 e. The van der Waals surface area contributed by atoms with Gasteiger partial charge in [0.2, 0.25) is 6.79 Å². The van der Waals surface area contributed by atoms with Gasteiger partial charge in [-0.2, -0.15) is 0 Å². The van der Waals surface area contributed by atoms with Gasteiger partial charge in [0.15, 0.2) is 11.5 Å². The smallest absolute Gasteiger partial charge is 0.321 e. The van der Waals surface area contributed by atoms with E-state index in [0.29, 0.717) is 17.2 Å². The van der Waals surface area contributed by atoms with Crippen molar-refractivity contribution < 1.29 is 19.0 Å². The zero-order chi connectivity index (χ0) is 14.9. The average Bonchev–Trinajstić information content (AvgIpc) is 2.95. The maximum atomic E-state index is 12.4. The summed E-state index contributed by atoms with van der Waals surface area (Å²) in [6, 6.07) is 14.7. The van der Waals surface area contributed by atoms with Crippen LogP contribution in [0.3, 0.4) is 0 Å². The number of carbonyl (C=O) groups is 1. The summed E-state index contributed by atoms with van der Waals surface area (Å²) in [6.45, 7) is 3.89. The van der Waals surface area contributed by atoms with Crippen LogP contribution in [0.5, 0.6) is 17.2 Å². The molecule has 2 aromatic carbocycles. The Hall–Kier alpha value is -2.49. The van der Waals surface area contributed by atoms with Crippen LogP contribution in [0.2, 0.25) is 0 Å². The van der Waals surface area contributed by atoms with Crippen LogP contribution in [-0.2, 0) is 10.2 Å². The average molecular weight is 284 g/mol. The normalized spacial score (nSPS) is 13.0. The summed E-state index contributed by atoms with van der Waals surface area (Å²) in [5, 5.41) is 0. The van der Waals surface area contributed by atoms with Crippen molar-refractivity contribution in [1.29, 1.82) is 0 Å². The summed E-state index contributed by atoms with van der Waals surface area (Å²) in [4.78, 5) is 12.4. The summed E-state index contributed by atoms with van der Waals surface area (Å²) in [7, 11) is 0. The van der Waals surface area contributed by atoms with Crippen LogP contribution < -0.4 is 14.2 Å². The van der Waals surface area contributed by atoms with Gasteiger partial charge < -0.3 is 14.2 Å². The molecule has 0 spiro atoms. The zero-order valence-corrected chi connectivity index (χ0v) is 12.0. The Labute approximate surface area is 123 Å². The van der Waals surface area contributed by atoms with Crippen molar-refractivity contribution in [3.8, 4) is 17.2 Å². The lowest BCUT2D eigenvalue weighted by atomic mass is 9.85. The number of ether oxygens (including phenoxy) is 3. The Morgan fingerprint density at radius 1 is 1.05 bits per heavy atom. The van der Waals surface area contributed by atoms with Gasteiger partial charge in [0.1, 0.15) is 5.75 Å². The van der Waals surface area contributed by atoms with Gasteiger partial charge in [-0.1, -0.05) is 30.3 Å². The van der Waals surface area contributed by atoms with Crippen molar-refractivity contribution in [3.05, 3.63) is 54.1 Å². The maximum absolute atomic E-state index is 12.4. The van der Waals surface area contributed by atoms with Crippen LogP contribution in [0, 0.1) is 0 Å². The second kappa shape index (κ2) is 5.13. The molecule has 1 heterocycles. The third-order valence-electron chi connectivity index (χ3n) is 3.56. The molecular weight excluding hydrogens is 268 g/mol. The minimum absolute atomic E-state index is 0.197. The highest BCUT2D eigenvalue weighted by Crippen LogP contribution is 2.36. The first-order chi connectivity index (χ1) is 10.1. The number of benzene rings is 2. The lowest BCUT2D eigenvalue weighted by molar-refractivity contribution is -0.139. The van der Waals surface area contributed by atoms with Gasteiger partial charge >= 0.3 is 5.97 Å². The van der Waals surface area contributed by atoms with Crippen molar-refractivity contribution in [2.24, 2.45) is 0 Å². The summed E-state index contributed by atoms with van der Waals surface area (Å²) in [5.74, 6) is 1.40. The van der Waals surface area contributed by atoms with Crippen molar-refractivity contribution in [2.75, 3.05) is 6.79 Å². The molecule has 1 aliphatic rings. The second-order valence-corrected chi connectivity index (χ2v) is 5.40. The predicted molar refractivity (Wildman–Crippen MR) is 77.7 cm³/mol. The molecule has 21 heavy (non-hydrogen) atoms. The lowest BCUT2D eigenvalue weighted by Crippen LogP contribution is -2.33. The Morgan fingerprint density at radius 2 is 1.76 bits per heavy atom. The van der Waals surface area contributed by atoms with Crippen molar-refractivity contribution >= 4 is 5.97 Å². The van der Waals surface area contributed by atoms with Gasteiger partial charge in [-0.15, -0.1) is 0 Å². The summed E-state index contributed by atoms with van der Waals surface area (Å²) < 4.78 is 16.0. The van der Waals surface area contributed by atoms with E-state index in [0.717, 1.165) is 5.56 Å². The first-order valence-electron chi connectivity index (χ1n) is 6.75. The number of rotatable bonds is 3. The molecule has 0 aliphatic carbocycles. The van der Waals surface area contributed by atoms with Crippen molar-refractivity contribution in [3.63, 3.8) is 0 Å². The fourth-order valence-corrected chi connectivity index (χ4v) is 2.15. The number of esters is 1. The molecule has 2 aromatic rings. The molecule has 0 bridgehead atoms. The third kappa shape index (κ3) is 2.57. The largest absolute Gasteiger partial charge is 0.454 e. The standard InChI is InChI=1S/C17H16O4/c1-17(2,12-6-4-3-5-7-12)16(18)21-13-8-9-14-15(10-13)20-11-19-14/h3-10H,11H2,1-2H3. The molecule has 108 valence electrons. The van der Waals surface area contributed by atoms with Crippen molar-refractivity contribution in [1.82, 2.24) is 0 Å². The molecule has 0 saturated carbocycles. The summed E-state index contributed by atoms with van der Waals surface area (Å²) in [5.41, 5.74) is 0.188.